The number of rotatable bonds is 6. The second-order valence-corrected chi connectivity index (χ2v) is 7.84. The summed E-state index contributed by atoms with van der Waals surface area (Å²) in [5.74, 6) is -2.45. The number of hydrogen-bond donors (Lipinski definition) is 1. The predicted molar refractivity (Wildman–Crippen MR) is 104 cm³/mol. The summed E-state index contributed by atoms with van der Waals surface area (Å²) >= 11 is 2.41. The topological polar surface area (TPSA) is 64.0 Å². The van der Waals surface area contributed by atoms with Gasteiger partial charge in [0.2, 0.25) is 5.91 Å². The fourth-order valence-electron chi connectivity index (χ4n) is 2.33. The van der Waals surface area contributed by atoms with E-state index in [1.807, 2.05) is 0 Å². The maximum atomic E-state index is 13.3. The van der Waals surface area contributed by atoms with Crippen LogP contribution in [0.3, 0.4) is 0 Å². The Labute approximate surface area is 161 Å². The quantitative estimate of drug-likeness (QED) is 0.381. The number of halogens is 2. The van der Waals surface area contributed by atoms with Crippen LogP contribution in [0.1, 0.15) is 6.92 Å². The molecule has 1 amide bonds. The Hall–Kier alpha value is -2.52. The van der Waals surface area contributed by atoms with E-state index in [1.54, 1.807) is 24.4 Å². The van der Waals surface area contributed by atoms with Crippen LogP contribution >= 0.6 is 23.1 Å². The molecule has 5 nitrogen and oxygen atoms in total. The van der Waals surface area contributed by atoms with Crippen LogP contribution in [0, 0.1) is 11.6 Å². The third kappa shape index (κ3) is 4.09. The zero-order valence-corrected chi connectivity index (χ0v) is 15.9. The minimum atomic E-state index is -1.04. The molecule has 9 heteroatoms. The number of thioether (sulfide) groups is 1. The Morgan fingerprint density at radius 3 is 2.89 bits per heavy atom. The van der Waals surface area contributed by atoms with Crippen molar-refractivity contribution in [1.29, 1.82) is 0 Å². The van der Waals surface area contributed by atoms with E-state index in [0.717, 1.165) is 23.9 Å². The van der Waals surface area contributed by atoms with Crippen LogP contribution in [-0.4, -0.2) is 20.7 Å². The molecule has 0 aliphatic rings. The highest BCUT2D eigenvalue weighted by Gasteiger charge is 2.20. The normalized spacial score (nSPS) is 12.1. The number of carbonyl (C=O) groups excluding carboxylic acids is 1. The molecule has 27 heavy (non-hydrogen) atoms. The Morgan fingerprint density at radius 2 is 2.19 bits per heavy atom. The summed E-state index contributed by atoms with van der Waals surface area (Å²) in [6.07, 6.45) is 1.58. The second-order valence-electron chi connectivity index (χ2n) is 5.61. The molecule has 3 aromatic rings. The smallest absolute Gasteiger partial charge is 0.272 e. The van der Waals surface area contributed by atoms with Crippen LogP contribution in [0.5, 0.6) is 0 Å². The Kier molecular flexibility index (Phi) is 5.71. The van der Waals surface area contributed by atoms with E-state index in [4.69, 9.17) is 0 Å². The van der Waals surface area contributed by atoms with Gasteiger partial charge in [-0.3, -0.25) is 14.2 Å². The van der Waals surface area contributed by atoms with Gasteiger partial charge in [0.25, 0.3) is 5.56 Å². The molecular weight excluding hydrogens is 392 g/mol. The minimum absolute atomic E-state index is 0.149. The summed E-state index contributed by atoms with van der Waals surface area (Å²) in [6.45, 7) is 5.56. The Bertz CT molecular complexity index is 1080. The van der Waals surface area contributed by atoms with Crippen molar-refractivity contribution in [1.82, 2.24) is 9.55 Å². The maximum absolute atomic E-state index is 13.3. The van der Waals surface area contributed by atoms with Gasteiger partial charge in [-0.05, 0) is 30.5 Å². The summed E-state index contributed by atoms with van der Waals surface area (Å²) < 4.78 is 28.3. The largest absolute Gasteiger partial charge is 0.325 e. The zero-order valence-electron chi connectivity index (χ0n) is 14.2. The number of nitrogens with one attached hydrogen (secondary N) is 1. The lowest BCUT2D eigenvalue weighted by atomic mass is 10.3. The van der Waals surface area contributed by atoms with Gasteiger partial charge in [0.05, 0.1) is 10.8 Å². The fourth-order valence-corrected chi connectivity index (χ4v) is 4.03. The highest BCUT2D eigenvalue weighted by molar-refractivity contribution is 8.00. The zero-order chi connectivity index (χ0) is 19.6. The maximum Gasteiger partial charge on any atom is 0.272 e. The van der Waals surface area contributed by atoms with Gasteiger partial charge in [-0.2, -0.15) is 0 Å². The van der Waals surface area contributed by atoms with Crippen LogP contribution in [0.2, 0.25) is 0 Å². The lowest BCUT2D eigenvalue weighted by molar-refractivity contribution is -0.115. The van der Waals surface area contributed by atoms with E-state index >= 15 is 0 Å². The Balaban J connectivity index is 1.84. The molecule has 140 valence electrons. The van der Waals surface area contributed by atoms with Crippen molar-refractivity contribution in [3.8, 4) is 0 Å². The standard InChI is InChI=1S/C18H15F2N3O2S2/c1-3-7-23-17(25)15-14(6-8-26-15)22-18(23)27-10(2)16(24)21-11-4-5-12(19)13(20)9-11/h3-6,8-10H,1,7H2,2H3,(H,21,24). The average molecular weight is 407 g/mol. The summed E-state index contributed by atoms with van der Waals surface area (Å²) in [7, 11) is 0. The molecule has 0 saturated heterocycles. The molecule has 0 spiro atoms. The van der Waals surface area contributed by atoms with E-state index in [-0.39, 0.29) is 17.8 Å². The summed E-state index contributed by atoms with van der Waals surface area (Å²) in [4.78, 5) is 29.5. The summed E-state index contributed by atoms with van der Waals surface area (Å²) in [5.41, 5.74) is 0.530. The van der Waals surface area contributed by atoms with E-state index in [1.165, 1.54) is 22.0 Å². The van der Waals surface area contributed by atoms with Crippen molar-refractivity contribution >= 4 is 44.9 Å². The molecule has 2 heterocycles. The highest BCUT2D eigenvalue weighted by Crippen LogP contribution is 2.25. The third-order valence-electron chi connectivity index (χ3n) is 3.68. The van der Waals surface area contributed by atoms with E-state index < -0.39 is 22.8 Å². The third-order valence-corrected chi connectivity index (χ3v) is 5.66. The number of nitrogens with zero attached hydrogens (tertiary/aromatic N) is 2. The molecule has 1 N–H and O–H groups in total. The number of fused-ring (bicyclic) bond motifs is 1. The highest BCUT2D eigenvalue weighted by atomic mass is 32.2. The van der Waals surface area contributed by atoms with Crippen molar-refractivity contribution in [2.75, 3.05) is 5.32 Å². The molecule has 2 aromatic heterocycles. The number of hydrogen-bond acceptors (Lipinski definition) is 5. The van der Waals surface area contributed by atoms with Gasteiger partial charge in [-0.15, -0.1) is 17.9 Å². The van der Waals surface area contributed by atoms with Gasteiger partial charge >= 0.3 is 0 Å². The molecule has 1 unspecified atom stereocenters. The molecule has 0 radical (unpaired) electrons. The number of carbonyl (C=O) groups is 1. The molecule has 0 aliphatic carbocycles. The molecular formula is C18H15F2N3O2S2. The van der Waals surface area contributed by atoms with Crippen LogP contribution < -0.4 is 10.9 Å². The molecule has 0 fully saturated rings. The first-order valence-electron chi connectivity index (χ1n) is 7.92. The molecule has 1 aromatic carbocycles. The lowest BCUT2D eigenvalue weighted by Gasteiger charge is -2.15. The number of thiophene rings is 1. The molecule has 1 atom stereocenters. The van der Waals surface area contributed by atoms with Gasteiger partial charge in [0.15, 0.2) is 16.8 Å². The number of aromatic nitrogens is 2. The van der Waals surface area contributed by atoms with E-state index in [0.29, 0.717) is 15.4 Å². The van der Waals surface area contributed by atoms with Gasteiger partial charge in [0, 0.05) is 18.3 Å². The molecule has 0 saturated carbocycles. The molecule has 3 rings (SSSR count). The van der Waals surface area contributed by atoms with E-state index in [9.17, 15) is 18.4 Å². The second kappa shape index (κ2) is 8.01. The van der Waals surface area contributed by atoms with Gasteiger partial charge in [0.1, 0.15) is 4.70 Å². The number of amides is 1. The predicted octanol–water partition coefficient (Wildman–Crippen LogP) is 4.04. The van der Waals surface area contributed by atoms with Gasteiger partial charge in [-0.25, -0.2) is 13.8 Å². The van der Waals surface area contributed by atoms with Crippen molar-refractivity contribution in [3.05, 3.63) is 64.3 Å². The monoisotopic (exact) mass is 407 g/mol. The average Bonchev–Trinajstić information content (AvgIpc) is 3.10. The first-order chi connectivity index (χ1) is 12.9. The first kappa shape index (κ1) is 19.2. The Morgan fingerprint density at radius 1 is 1.41 bits per heavy atom. The minimum Gasteiger partial charge on any atom is -0.325 e. The van der Waals surface area contributed by atoms with Gasteiger partial charge < -0.3 is 5.32 Å². The molecule has 0 aliphatic heterocycles. The summed E-state index contributed by atoms with van der Waals surface area (Å²) in [6, 6.07) is 4.87. The molecule has 0 bridgehead atoms. The van der Waals surface area contributed by atoms with Crippen molar-refractivity contribution in [2.24, 2.45) is 0 Å². The van der Waals surface area contributed by atoms with Crippen molar-refractivity contribution in [3.63, 3.8) is 0 Å². The number of benzene rings is 1. The SMILES string of the molecule is C=CCn1c(SC(C)C(=O)Nc2ccc(F)c(F)c2)nc2ccsc2c1=O. The van der Waals surface area contributed by atoms with Crippen LogP contribution in [-0.2, 0) is 11.3 Å². The van der Waals surface area contributed by atoms with Crippen LogP contribution in [0.15, 0.2) is 52.3 Å². The number of anilines is 1. The lowest BCUT2D eigenvalue weighted by Crippen LogP contribution is -2.26. The van der Waals surface area contributed by atoms with Crippen molar-refractivity contribution in [2.45, 2.75) is 23.9 Å². The van der Waals surface area contributed by atoms with E-state index in [2.05, 4.69) is 16.9 Å². The van der Waals surface area contributed by atoms with Crippen molar-refractivity contribution < 1.29 is 13.6 Å². The van der Waals surface area contributed by atoms with Crippen LogP contribution in [0.4, 0.5) is 14.5 Å². The number of allylic oxidation sites excluding steroid dienone is 1. The van der Waals surface area contributed by atoms with Crippen LogP contribution in [0.25, 0.3) is 10.2 Å². The fraction of sp³-hybridized carbons (Fsp3) is 0.167. The van der Waals surface area contributed by atoms with Gasteiger partial charge in [-0.1, -0.05) is 17.8 Å². The first-order valence-corrected chi connectivity index (χ1v) is 9.68. The summed E-state index contributed by atoms with van der Waals surface area (Å²) in [5, 5.41) is 4.07.